The highest BCUT2D eigenvalue weighted by molar-refractivity contribution is 9.10. The number of rotatable bonds is 5. The molecular weight excluding hydrogens is 503 g/mol. The molecule has 0 fully saturated rings. The summed E-state index contributed by atoms with van der Waals surface area (Å²) in [5.41, 5.74) is 1.65. The van der Waals surface area contributed by atoms with Crippen LogP contribution in [-0.2, 0) is 6.54 Å². The molecule has 0 saturated carbocycles. The van der Waals surface area contributed by atoms with Crippen LogP contribution in [0, 0.1) is 5.82 Å². The minimum absolute atomic E-state index is 0.191. The molecule has 1 aromatic heterocycles. The topological polar surface area (TPSA) is 84.3 Å². The molecule has 1 aliphatic heterocycles. The van der Waals surface area contributed by atoms with Crippen LogP contribution in [0.25, 0.3) is 0 Å². The molecule has 7 nitrogen and oxygen atoms in total. The van der Waals surface area contributed by atoms with Gasteiger partial charge in [0.2, 0.25) is 0 Å². The van der Waals surface area contributed by atoms with Gasteiger partial charge in [0, 0.05) is 17.3 Å². The second-order valence-electron chi connectivity index (χ2n) is 7.61. The van der Waals surface area contributed by atoms with E-state index >= 15 is 0 Å². The molecular formula is C25H16BrFN4O3. The maximum absolute atomic E-state index is 13.9. The Morgan fingerprint density at radius 3 is 2.32 bits per heavy atom. The Morgan fingerprint density at radius 2 is 1.62 bits per heavy atom. The molecule has 168 valence electrons. The minimum atomic E-state index is -0.477. The van der Waals surface area contributed by atoms with Crippen LogP contribution in [-0.4, -0.2) is 27.5 Å². The quantitative estimate of drug-likeness (QED) is 0.381. The van der Waals surface area contributed by atoms with E-state index in [4.69, 9.17) is 0 Å². The van der Waals surface area contributed by atoms with E-state index in [0.717, 1.165) is 4.90 Å². The molecule has 1 aliphatic rings. The first kappa shape index (κ1) is 21.7. The molecule has 4 aromatic rings. The van der Waals surface area contributed by atoms with Gasteiger partial charge in [0.1, 0.15) is 5.82 Å². The van der Waals surface area contributed by atoms with Crippen LogP contribution in [0.2, 0.25) is 0 Å². The third-order valence-corrected chi connectivity index (χ3v) is 5.98. The largest absolute Gasteiger partial charge is 0.304 e. The van der Waals surface area contributed by atoms with E-state index in [0.29, 0.717) is 26.9 Å². The van der Waals surface area contributed by atoms with Crippen molar-refractivity contribution < 1.29 is 18.8 Å². The van der Waals surface area contributed by atoms with E-state index < -0.39 is 17.7 Å². The molecule has 0 unspecified atom stereocenters. The summed E-state index contributed by atoms with van der Waals surface area (Å²) in [4.78, 5) is 39.5. The number of carbonyl (C=O) groups is 3. The molecule has 0 aliphatic carbocycles. The van der Waals surface area contributed by atoms with Gasteiger partial charge in [-0.05, 0) is 52.3 Å². The number of imide groups is 1. The normalized spacial score (nSPS) is 12.7. The van der Waals surface area contributed by atoms with E-state index in [9.17, 15) is 18.8 Å². The van der Waals surface area contributed by atoms with E-state index in [2.05, 4.69) is 26.3 Å². The first-order valence-corrected chi connectivity index (χ1v) is 11.1. The second kappa shape index (κ2) is 8.68. The molecule has 0 bridgehead atoms. The number of benzene rings is 3. The number of hydrogen-bond donors (Lipinski definition) is 1. The van der Waals surface area contributed by atoms with Crippen LogP contribution in [0.15, 0.2) is 83.5 Å². The molecule has 0 radical (unpaired) electrons. The Balaban J connectivity index is 1.36. The number of fused-ring (bicyclic) bond motifs is 1. The fourth-order valence-electron chi connectivity index (χ4n) is 3.75. The molecule has 3 amide bonds. The van der Waals surface area contributed by atoms with Gasteiger partial charge in [-0.15, -0.1) is 0 Å². The Morgan fingerprint density at radius 1 is 0.941 bits per heavy atom. The van der Waals surface area contributed by atoms with Crippen molar-refractivity contribution in [1.29, 1.82) is 0 Å². The van der Waals surface area contributed by atoms with Crippen molar-refractivity contribution in [2.24, 2.45) is 0 Å². The predicted octanol–water partition coefficient (Wildman–Crippen LogP) is 4.89. The summed E-state index contributed by atoms with van der Waals surface area (Å²) in [6, 6.07) is 19.2. The standard InChI is InChI=1S/C25H16BrFN4O3/c26-20-14-30(13-16-6-1-4-11-21(16)27)29-22(20)28-23(32)15-7-5-8-17(12-15)31-24(33)18-9-2-3-10-19(18)25(31)34/h1-12,14H,13H2,(H,28,29,32). The molecule has 2 heterocycles. The third kappa shape index (κ3) is 3.90. The monoisotopic (exact) mass is 518 g/mol. The fraction of sp³-hybridized carbons (Fsp3) is 0.0400. The zero-order valence-corrected chi connectivity index (χ0v) is 19.1. The number of carbonyl (C=O) groups excluding carboxylic acids is 3. The lowest BCUT2D eigenvalue weighted by molar-refractivity contribution is 0.0924. The summed E-state index contributed by atoms with van der Waals surface area (Å²) in [7, 11) is 0. The van der Waals surface area contributed by atoms with Gasteiger partial charge in [0.25, 0.3) is 17.7 Å². The lowest BCUT2D eigenvalue weighted by atomic mass is 10.1. The van der Waals surface area contributed by atoms with Crippen LogP contribution in [0.3, 0.4) is 0 Å². The zero-order chi connectivity index (χ0) is 23.8. The fourth-order valence-corrected chi connectivity index (χ4v) is 4.17. The van der Waals surface area contributed by atoms with Gasteiger partial charge in [-0.3, -0.25) is 19.1 Å². The average molecular weight is 519 g/mol. The van der Waals surface area contributed by atoms with Gasteiger partial charge in [0.05, 0.1) is 27.8 Å². The van der Waals surface area contributed by atoms with Crippen molar-refractivity contribution in [3.8, 4) is 0 Å². The van der Waals surface area contributed by atoms with Crippen LogP contribution in [0.5, 0.6) is 0 Å². The maximum atomic E-state index is 13.9. The zero-order valence-electron chi connectivity index (χ0n) is 17.5. The van der Waals surface area contributed by atoms with Crippen molar-refractivity contribution in [2.45, 2.75) is 6.54 Å². The van der Waals surface area contributed by atoms with Crippen LogP contribution >= 0.6 is 15.9 Å². The highest BCUT2D eigenvalue weighted by Crippen LogP contribution is 2.29. The van der Waals surface area contributed by atoms with Crippen LogP contribution in [0.1, 0.15) is 36.6 Å². The summed E-state index contributed by atoms with van der Waals surface area (Å²) in [6.45, 7) is 0.191. The van der Waals surface area contributed by atoms with Gasteiger partial charge in [-0.1, -0.05) is 36.4 Å². The maximum Gasteiger partial charge on any atom is 0.266 e. The van der Waals surface area contributed by atoms with Crippen molar-refractivity contribution in [1.82, 2.24) is 9.78 Å². The highest BCUT2D eigenvalue weighted by Gasteiger charge is 2.36. The van der Waals surface area contributed by atoms with E-state index in [1.807, 2.05) is 0 Å². The van der Waals surface area contributed by atoms with Crippen molar-refractivity contribution in [3.05, 3.63) is 112 Å². The number of halogens is 2. The van der Waals surface area contributed by atoms with Gasteiger partial charge >= 0.3 is 0 Å². The van der Waals surface area contributed by atoms with Crippen molar-refractivity contribution >= 4 is 45.2 Å². The SMILES string of the molecule is O=C(Nc1nn(Cc2ccccc2F)cc1Br)c1cccc(N2C(=O)c3ccccc3C2=O)c1. The van der Waals surface area contributed by atoms with Gasteiger partial charge < -0.3 is 5.32 Å². The summed E-state index contributed by atoms with van der Waals surface area (Å²) < 4.78 is 16.0. The lowest BCUT2D eigenvalue weighted by Gasteiger charge is -2.15. The summed E-state index contributed by atoms with van der Waals surface area (Å²) in [6.07, 6.45) is 1.64. The Hall–Kier alpha value is -4.11. The summed E-state index contributed by atoms with van der Waals surface area (Å²) >= 11 is 3.36. The van der Waals surface area contributed by atoms with E-state index in [1.165, 1.54) is 16.8 Å². The number of amides is 3. The number of aromatic nitrogens is 2. The van der Waals surface area contributed by atoms with E-state index in [-0.39, 0.29) is 23.7 Å². The molecule has 0 saturated heterocycles. The Kier molecular flexibility index (Phi) is 5.54. The highest BCUT2D eigenvalue weighted by atomic mass is 79.9. The number of nitrogens with one attached hydrogen (secondary N) is 1. The molecule has 1 N–H and O–H groups in total. The first-order chi connectivity index (χ1) is 16.4. The summed E-state index contributed by atoms with van der Waals surface area (Å²) in [5, 5.41) is 7.02. The van der Waals surface area contributed by atoms with Gasteiger partial charge in [0.15, 0.2) is 5.82 Å². The van der Waals surface area contributed by atoms with Gasteiger partial charge in [-0.2, -0.15) is 5.10 Å². The average Bonchev–Trinajstić information content (AvgIpc) is 3.31. The Bertz CT molecular complexity index is 1430. The van der Waals surface area contributed by atoms with Crippen molar-refractivity contribution in [2.75, 3.05) is 10.2 Å². The van der Waals surface area contributed by atoms with E-state index in [1.54, 1.807) is 66.9 Å². The van der Waals surface area contributed by atoms with Crippen LogP contribution in [0.4, 0.5) is 15.9 Å². The molecule has 3 aromatic carbocycles. The van der Waals surface area contributed by atoms with Crippen LogP contribution < -0.4 is 10.2 Å². The summed E-state index contributed by atoms with van der Waals surface area (Å²) in [5.74, 6) is -1.44. The third-order valence-electron chi connectivity index (χ3n) is 5.40. The first-order valence-electron chi connectivity index (χ1n) is 10.3. The minimum Gasteiger partial charge on any atom is -0.304 e. The number of hydrogen-bond acceptors (Lipinski definition) is 4. The molecule has 0 atom stereocenters. The molecule has 0 spiro atoms. The smallest absolute Gasteiger partial charge is 0.266 e. The van der Waals surface area contributed by atoms with Gasteiger partial charge in [-0.25, -0.2) is 9.29 Å². The molecule has 5 rings (SSSR count). The predicted molar refractivity (Wildman–Crippen MR) is 127 cm³/mol. The molecule has 9 heteroatoms. The number of nitrogens with zero attached hydrogens (tertiary/aromatic N) is 3. The molecule has 34 heavy (non-hydrogen) atoms. The van der Waals surface area contributed by atoms with Crippen molar-refractivity contribution in [3.63, 3.8) is 0 Å². The number of anilines is 2. The second-order valence-corrected chi connectivity index (χ2v) is 8.46. The lowest BCUT2D eigenvalue weighted by Crippen LogP contribution is -2.29. The Labute approximate surface area is 201 Å².